The SMILES string of the molecule is CC(=O)O[C@@H]1CC[C@]2(C)C(=CC[C@H]3[C@H]2CC[C@]2(C)C(=O)CC[C@@H]32)C1. The van der Waals surface area contributed by atoms with Gasteiger partial charge < -0.3 is 4.74 Å². The van der Waals surface area contributed by atoms with Crippen LogP contribution < -0.4 is 0 Å². The molecule has 4 rings (SSSR count). The lowest BCUT2D eigenvalue weighted by Crippen LogP contribution is -2.50. The van der Waals surface area contributed by atoms with Gasteiger partial charge in [0.15, 0.2) is 0 Å². The molecule has 0 unspecified atom stereocenters. The number of fused-ring (bicyclic) bond motifs is 5. The van der Waals surface area contributed by atoms with Crippen LogP contribution in [0.15, 0.2) is 11.6 Å². The van der Waals surface area contributed by atoms with E-state index in [0.717, 1.165) is 44.9 Å². The molecule has 4 aliphatic rings. The largest absolute Gasteiger partial charge is 0.462 e. The van der Waals surface area contributed by atoms with E-state index < -0.39 is 0 Å². The molecule has 4 aliphatic carbocycles. The van der Waals surface area contributed by atoms with Gasteiger partial charge >= 0.3 is 5.97 Å². The van der Waals surface area contributed by atoms with Crippen LogP contribution in [0, 0.1) is 28.6 Å². The van der Waals surface area contributed by atoms with Crippen LogP contribution >= 0.6 is 0 Å². The highest BCUT2D eigenvalue weighted by Gasteiger charge is 2.58. The number of carbonyl (C=O) groups excluding carboxylic acids is 2. The molecule has 3 fully saturated rings. The summed E-state index contributed by atoms with van der Waals surface area (Å²) in [6.07, 6.45) is 10.8. The second kappa shape index (κ2) is 5.44. The van der Waals surface area contributed by atoms with Crippen molar-refractivity contribution in [2.24, 2.45) is 28.6 Å². The van der Waals surface area contributed by atoms with E-state index in [1.54, 1.807) is 0 Å². The average Bonchev–Trinajstić information content (AvgIpc) is 2.83. The van der Waals surface area contributed by atoms with E-state index in [9.17, 15) is 9.59 Å². The molecule has 0 heterocycles. The summed E-state index contributed by atoms with van der Waals surface area (Å²) in [7, 11) is 0. The summed E-state index contributed by atoms with van der Waals surface area (Å²) in [5.74, 6) is 2.33. The first-order chi connectivity index (χ1) is 11.3. The van der Waals surface area contributed by atoms with Crippen LogP contribution in [0.5, 0.6) is 0 Å². The standard InChI is InChI=1S/C21H30O3/c1-13(22)24-15-8-10-20(2)14(12-15)4-5-16-17-6-7-19(23)21(17,3)11-9-18(16)20/h4,15-18H,5-12H2,1-3H3/t15-,16-,17+,18-,20-,21+/m1/s1. The summed E-state index contributed by atoms with van der Waals surface area (Å²) >= 11 is 0. The highest BCUT2D eigenvalue weighted by molar-refractivity contribution is 5.87. The fourth-order valence-electron chi connectivity index (χ4n) is 6.73. The van der Waals surface area contributed by atoms with Crippen LogP contribution in [-0.4, -0.2) is 17.9 Å². The topological polar surface area (TPSA) is 43.4 Å². The monoisotopic (exact) mass is 330 g/mol. The summed E-state index contributed by atoms with van der Waals surface area (Å²) in [6, 6.07) is 0. The Morgan fingerprint density at radius 2 is 1.83 bits per heavy atom. The van der Waals surface area contributed by atoms with Crippen molar-refractivity contribution >= 4 is 11.8 Å². The third kappa shape index (κ3) is 2.23. The highest BCUT2D eigenvalue weighted by atomic mass is 16.5. The van der Waals surface area contributed by atoms with Gasteiger partial charge in [-0.25, -0.2) is 0 Å². The minimum atomic E-state index is -0.157. The summed E-state index contributed by atoms with van der Waals surface area (Å²) in [4.78, 5) is 23.7. The number of Topliss-reactive ketones (excluding diaryl/α,β-unsaturated/α-hetero) is 1. The quantitative estimate of drug-likeness (QED) is 0.527. The van der Waals surface area contributed by atoms with Crippen molar-refractivity contribution in [1.82, 2.24) is 0 Å². The van der Waals surface area contributed by atoms with Crippen LogP contribution in [-0.2, 0) is 14.3 Å². The van der Waals surface area contributed by atoms with Crippen molar-refractivity contribution in [3.63, 3.8) is 0 Å². The van der Waals surface area contributed by atoms with Gasteiger partial charge in [0.25, 0.3) is 0 Å². The Bertz CT molecular complexity index is 606. The third-order valence-electron chi connectivity index (χ3n) is 8.10. The number of ether oxygens (including phenoxy) is 1. The predicted octanol–water partition coefficient (Wildman–Crippen LogP) is 4.45. The highest BCUT2D eigenvalue weighted by Crippen LogP contribution is 2.64. The van der Waals surface area contributed by atoms with Crippen LogP contribution in [0.25, 0.3) is 0 Å². The lowest BCUT2D eigenvalue weighted by atomic mass is 9.48. The zero-order chi connectivity index (χ0) is 17.1. The molecule has 3 saturated carbocycles. The summed E-state index contributed by atoms with van der Waals surface area (Å²) in [5.41, 5.74) is 1.74. The predicted molar refractivity (Wildman–Crippen MR) is 92.3 cm³/mol. The summed E-state index contributed by atoms with van der Waals surface area (Å²) in [5, 5.41) is 0. The summed E-state index contributed by atoms with van der Waals surface area (Å²) < 4.78 is 5.50. The van der Waals surface area contributed by atoms with E-state index in [2.05, 4.69) is 19.9 Å². The van der Waals surface area contributed by atoms with Crippen molar-refractivity contribution in [3.8, 4) is 0 Å². The van der Waals surface area contributed by atoms with Crippen LogP contribution in [0.2, 0.25) is 0 Å². The normalized spacial score (nSPS) is 47.3. The zero-order valence-electron chi connectivity index (χ0n) is 15.3. The van der Waals surface area contributed by atoms with Crippen LogP contribution in [0.4, 0.5) is 0 Å². The van der Waals surface area contributed by atoms with Gasteiger partial charge in [0.2, 0.25) is 0 Å². The molecule has 132 valence electrons. The molecule has 0 aliphatic heterocycles. The Morgan fingerprint density at radius 1 is 1.12 bits per heavy atom. The maximum absolute atomic E-state index is 12.4. The molecule has 0 aromatic carbocycles. The van der Waals surface area contributed by atoms with Gasteiger partial charge in [0.05, 0.1) is 0 Å². The molecular formula is C21H30O3. The van der Waals surface area contributed by atoms with Crippen molar-refractivity contribution < 1.29 is 14.3 Å². The first-order valence-electron chi connectivity index (χ1n) is 9.74. The molecule has 0 radical (unpaired) electrons. The Hall–Kier alpha value is -1.12. The van der Waals surface area contributed by atoms with Crippen LogP contribution in [0.3, 0.4) is 0 Å². The first-order valence-corrected chi connectivity index (χ1v) is 9.74. The molecule has 0 amide bonds. The van der Waals surface area contributed by atoms with Crippen molar-refractivity contribution in [3.05, 3.63) is 11.6 Å². The van der Waals surface area contributed by atoms with E-state index in [1.165, 1.54) is 18.9 Å². The van der Waals surface area contributed by atoms with Gasteiger partial charge in [-0.05, 0) is 61.7 Å². The smallest absolute Gasteiger partial charge is 0.302 e. The molecule has 0 bridgehead atoms. The molecule has 0 aromatic heterocycles. The van der Waals surface area contributed by atoms with E-state index in [4.69, 9.17) is 4.74 Å². The van der Waals surface area contributed by atoms with E-state index in [1.807, 2.05) is 0 Å². The van der Waals surface area contributed by atoms with Gasteiger partial charge in [-0.2, -0.15) is 0 Å². The lowest BCUT2D eigenvalue weighted by Gasteiger charge is -2.56. The maximum atomic E-state index is 12.4. The minimum Gasteiger partial charge on any atom is -0.462 e. The Morgan fingerprint density at radius 3 is 2.58 bits per heavy atom. The summed E-state index contributed by atoms with van der Waals surface area (Å²) in [6.45, 7) is 6.19. The Balaban J connectivity index is 1.60. The Kier molecular flexibility index (Phi) is 3.71. The molecule has 6 atom stereocenters. The van der Waals surface area contributed by atoms with Gasteiger partial charge in [0.1, 0.15) is 11.9 Å². The number of esters is 1. The van der Waals surface area contributed by atoms with Gasteiger partial charge in [0, 0.05) is 25.2 Å². The van der Waals surface area contributed by atoms with Crippen molar-refractivity contribution in [1.29, 1.82) is 0 Å². The molecule has 0 N–H and O–H groups in total. The number of rotatable bonds is 1. The number of hydrogen-bond acceptors (Lipinski definition) is 3. The average molecular weight is 330 g/mol. The molecule has 0 aromatic rings. The van der Waals surface area contributed by atoms with Crippen LogP contribution in [0.1, 0.15) is 72.1 Å². The maximum Gasteiger partial charge on any atom is 0.302 e. The number of allylic oxidation sites excluding steroid dienone is 1. The van der Waals surface area contributed by atoms with Gasteiger partial charge in [-0.15, -0.1) is 0 Å². The lowest BCUT2D eigenvalue weighted by molar-refractivity contribution is -0.148. The number of ketones is 1. The first kappa shape index (κ1) is 16.4. The zero-order valence-corrected chi connectivity index (χ0v) is 15.3. The number of carbonyl (C=O) groups is 2. The molecule has 0 spiro atoms. The third-order valence-corrected chi connectivity index (χ3v) is 8.10. The second-order valence-corrected chi connectivity index (χ2v) is 9.15. The van der Waals surface area contributed by atoms with Gasteiger partial charge in [-0.3, -0.25) is 9.59 Å². The molecule has 24 heavy (non-hydrogen) atoms. The van der Waals surface area contributed by atoms with E-state index in [0.29, 0.717) is 23.5 Å². The van der Waals surface area contributed by atoms with E-state index in [-0.39, 0.29) is 22.9 Å². The molecule has 0 saturated heterocycles. The van der Waals surface area contributed by atoms with Crippen molar-refractivity contribution in [2.45, 2.75) is 78.2 Å². The molecular weight excluding hydrogens is 300 g/mol. The molecule has 3 nitrogen and oxygen atoms in total. The fourth-order valence-corrected chi connectivity index (χ4v) is 6.73. The molecule has 3 heteroatoms. The van der Waals surface area contributed by atoms with E-state index >= 15 is 0 Å². The minimum absolute atomic E-state index is 0.0438. The van der Waals surface area contributed by atoms with Crippen molar-refractivity contribution in [2.75, 3.05) is 0 Å². The van der Waals surface area contributed by atoms with Gasteiger partial charge in [-0.1, -0.05) is 25.5 Å². The second-order valence-electron chi connectivity index (χ2n) is 9.15. The number of hydrogen-bond donors (Lipinski definition) is 0. The fraction of sp³-hybridized carbons (Fsp3) is 0.810. The Labute approximate surface area is 145 Å².